The molecule has 1 aliphatic carbocycles. The summed E-state index contributed by atoms with van der Waals surface area (Å²) in [6, 6.07) is 15.1. The summed E-state index contributed by atoms with van der Waals surface area (Å²) in [6.07, 6.45) is 1.34. The molecule has 1 aliphatic rings. The number of fused-ring (bicyclic) bond motifs is 3. The second kappa shape index (κ2) is 10.2. The Hall–Kier alpha value is -4.14. The zero-order valence-electron chi connectivity index (χ0n) is 18.6. The second-order valence-electron chi connectivity index (χ2n) is 8.01. The van der Waals surface area contributed by atoms with Crippen LogP contribution >= 0.6 is 0 Å². The first-order valence-electron chi connectivity index (χ1n) is 11.0. The van der Waals surface area contributed by atoms with Crippen LogP contribution in [0.15, 0.2) is 59.3 Å². The minimum absolute atomic E-state index is 0.0568. The number of hydrogen-bond donors (Lipinski definition) is 3. The zero-order chi connectivity index (χ0) is 24.1. The number of carbonyl (C=O) groups is 3. The third-order valence-corrected chi connectivity index (χ3v) is 5.81. The monoisotopic (exact) mass is 463 g/mol. The van der Waals surface area contributed by atoms with E-state index in [2.05, 4.69) is 27.9 Å². The van der Waals surface area contributed by atoms with Crippen molar-refractivity contribution in [3.63, 3.8) is 0 Å². The third kappa shape index (κ3) is 4.78. The van der Waals surface area contributed by atoms with Gasteiger partial charge in [0.1, 0.15) is 30.2 Å². The summed E-state index contributed by atoms with van der Waals surface area (Å²) in [5.41, 5.74) is 4.70. The Balaban J connectivity index is 1.35. The lowest BCUT2D eigenvalue weighted by Gasteiger charge is -2.15. The molecule has 2 amide bonds. The molecule has 4 rings (SSSR count). The molecule has 176 valence electrons. The average Bonchev–Trinajstić information content (AvgIpc) is 3.44. The van der Waals surface area contributed by atoms with Crippen LogP contribution < -0.4 is 10.6 Å². The van der Waals surface area contributed by atoms with Crippen molar-refractivity contribution in [2.45, 2.75) is 38.3 Å². The van der Waals surface area contributed by atoms with Gasteiger partial charge < -0.3 is 25.0 Å². The Bertz CT molecular complexity index is 1160. The minimum Gasteiger partial charge on any atom is -0.480 e. The van der Waals surface area contributed by atoms with Crippen LogP contribution in [-0.4, -0.2) is 40.9 Å². The molecule has 1 atom stereocenters. The van der Waals surface area contributed by atoms with Crippen molar-refractivity contribution in [3.05, 3.63) is 77.2 Å². The van der Waals surface area contributed by atoms with Gasteiger partial charge in [-0.25, -0.2) is 9.59 Å². The number of carboxylic acids is 1. The number of benzene rings is 2. The van der Waals surface area contributed by atoms with Crippen molar-refractivity contribution in [3.8, 4) is 11.1 Å². The standard InChI is InChI=1S/C25H25N3O6/c1-2-7-21(24(30)31)27-23(29)20-14-34-28-22(20)12-26-25(32)33-13-19-17-10-5-3-8-15(17)16-9-4-6-11-18(16)19/h3-6,8-11,14,19,21H,2,7,12-13H2,1H3,(H,26,32)(H,27,29)(H,30,31)/t21-/m1/s1. The Kier molecular flexibility index (Phi) is 6.91. The van der Waals surface area contributed by atoms with Crippen LogP contribution in [0.3, 0.4) is 0 Å². The van der Waals surface area contributed by atoms with Crippen molar-refractivity contribution in [2.24, 2.45) is 0 Å². The fourth-order valence-electron chi connectivity index (χ4n) is 4.16. The van der Waals surface area contributed by atoms with E-state index in [0.29, 0.717) is 12.8 Å². The largest absolute Gasteiger partial charge is 0.480 e. The predicted octanol–water partition coefficient (Wildman–Crippen LogP) is 3.70. The molecule has 0 saturated heterocycles. The first kappa shape index (κ1) is 23.0. The molecule has 0 aliphatic heterocycles. The summed E-state index contributed by atoms with van der Waals surface area (Å²) < 4.78 is 10.3. The highest BCUT2D eigenvalue weighted by Crippen LogP contribution is 2.44. The highest BCUT2D eigenvalue weighted by molar-refractivity contribution is 5.97. The van der Waals surface area contributed by atoms with E-state index in [-0.39, 0.29) is 30.3 Å². The first-order valence-corrected chi connectivity index (χ1v) is 11.0. The molecule has 9 heteroatoms. The van der Waals surface area contributed by atoms with Gasteiger partial charge in [0.2, 0.25) is 0 Å². The van der Waals surface area contributed by atoms with E-state index in [0.717, 1.165) is 28.5 Å². The van der Waals surface area contributed by atoms with Crippen molar-refractivity contribution in [2.75, 3.05) is 6.61 Å². The number of ether oxygens (including phenoxy) is 1. The van der Waals surface area contributed by atoms with Crippen LogP contribution in [0.5, 0.6) is 0 Å². The van der Waals surface area contributed by atoms with E-state index in [9.17, 15) is 19.5 Å². The Morgan fingerprint density at radius 2 is 1.74 bits per heavy atom. The maximum absolute atomic E-state index is 12.5. The number of aromatic nitrogens is 1. The number of hydrogen-bond acceptors (Lipinski definition) is 6. The topological polar surface area (TPSA) is 131 Å². The van der Waals surface area contributed by atoms with Crippen LogP contribution in [0.1, 0.15) is 52.9 Å². The van der Waals surface area contributed by atoms with Gasteiger partial charge in [-0.05, 0) is 28.7 Å². The molecule has 0 bridgehead atoms. The second-order valence-corrected chi connectivity index (χ2v) is 8.01. The lowest BCUT2D eigenvalue weighted by molar-refractivity contribution is -0.139. The lowest BCUT2D eigenvalue weighted by atomic mass is 9.98. The van der Waals surface area contributed by atoms with Crippen LogP contribution in [0.25, 0.3) is 11.1 Å². The number of carboxylic acid groups (broad SMARTS) is 1. The molecule has 1 aromatic heterocycles. The molecule has 9 nitrogen and oxygen atoms in total. The maximum Gasteiger partial charge on any atom is 0.407 e. The number of nitrogens with zero attached hydrogens (tertiary/aromatic N) is 1. The molecule has 0 unspecified atom stereocenters. The van der Waals surface area contributed by atoms with E-state index in [1.54, 1.807) is 0 Å². The summed E-state index contributed by atoms with van der Waals surface area (Å²) >= 11 is 0. The van der Waals surface area contributed by atoms with Gasteiger partial charge in [0.25, 0.3) is 5.91 Å². The molecule has 2 aromatic carbocycles. The fourth-order valence-corrected chi connectivity index (χ4v) is 4.16. The van der Waals surface area contributed by atoms with Crippen molar-refractivity contribution >= 4 is 18.0 Å². The number of aliphatic carboxylic acids is 1. The van der Waals surface area contributed by atoms with Crippen molar-refractivity contribution < 1.29 is 28.8 Å². The van der Waals surface area contributed by atoms with Gasteiger partial charge in [-0.3, -0.25) is 4.79 Å². The van der Waals surface area contributed by atoms with Crippen LogP contribution in [-0.2, 0) is 16.1 Å². The molecule has 34 heavy (non-hydrogen) atoms. The number of nitrogens with one attached hydrogen (secondary N) is 2. The molecule has 3 N–H and O–H groups in total. The molecular formula is C25H25N3O6. The highest BCUT2D eigenvalue weighted by Gasteiger charge is 2.29. The van der Waals surface area contributed by atoms with Crippen LogP contribution in [0, 0.1) is 0 Å². The smallest absolute Gasteiger partial charge is 0.407 e. The minimum atomic E-state index is -1.12. The van der Waals surface area contributed by atoms with E-state index >= 15 is 0 Å². The first-order chi connectivity index (χ1) is 16.5. The Morgan fingerprint density at radius 1 is 1.09 bits per heavy atom. The van der Waals surface area contributed by atoms with Gasteiger partial charge in [0.05, 0.1) is 6.54 Å². The van der Waals surface area contributed by atoms with E-state index in [1.807, 2.05) is 43.3 Å². The number of amides is 2. The molecule has 1 heterocycles. The Labute approximate surface area is 196 Å². The summed E-state index contributed by atoms with van der Waals surface area (Å²) in [5, 5.41) is 18.0. The van der Waals surface area contributed by atoms with E-state index < -0.39 is 24.0 Å². The lowest BCUT2D eigenvalue weighted by Crippen LogP contribution is -2.41. The molecule has 0 spiro atoms. The van der Waals surface area contributed by atoms with Gasteiger partial charge in [0.15, 0.2) is 0 Å². The number of carbonyl (C=O) groups excluding carboxylic acids is 2. The normalized spacial score (nSPS) is 13.0. The number of rotatable bonds is 9. The summed E-state index contributed by atoms with van der Waals surface area (Å²) in [5.74, 6) is -1.82. The van der Waals surface area contributed by atoms with Crippen LogP contribution in [0.2, 0.25) is 0 Å². The summed E-state index contributed by atoms with van der Waals surface area (Å²) in [6.45, 7) is 1.87. The predicted molar refractivity (Wildman–Crippen MR) is 122 cm³/mol. The third-order valence-electron chi connectivity index (χ3n) is 5.81. The van der Waals surface area contributed by atoms with E-state index in [1.165, 1.54) is 0 Å². The van der Waals surface area contributed by atoms with Gasteiger partial charge in [-0.15, -0.1) is 0 Å². The van der Waals surface area contributed by atoms with Gasteiger partial charge >= 0.3 is 12.1 Å². The SMILES string of the molecule is CCC[C@@H](NC(=O)c1conc1CNC(=O)OCC1c2ccccc2-c2ccccc21)C(=O)O. The molecule has 0 radical (unpaired) electrons. The summed E-state index contributed by atoms with van der Waals surface area (Å²) in [4.78, 5) is 36.2. The quantitative estimate of drug-likeness (QED) is 0.441. The van der Waals surface area contributed by atoms with Gasteiger partial charge in [-0.2, -0.15) is 0 Å². The van der Waals surface area contributed by atoms with E-state index in [4.69, 9.17) is 9.26 Å². The average molecular weight is 463 g/mol. The maximum atomic E-state index is 12.5. The Morgan fingerprint density at radius 3 is 2.35 bits per heavy atom. The molecular weight excluding hydrogens is 438 g/mol. The van der Waals surface area contributed by atoms with Crippen LogP contribution in [0.4, 0.5) is 4.79 Å². The van der Waals surface area contributed by atoms with Crippen molar-refractivity contribution in [1.29, 1.82) is 0 Å². The molecule has 0 saturated carbocycles. The van der Waals surface area contributed by atoms with Gasteiger partial charge in [-0.1, -0.05) is 67.0 Å². The summed E-state index contributed by atoms with van der Waals surface area (Å²) in [7, 11) is 0. The van der Waals surface area contributed by atoms with Gasteiger partial charge in [0, 0.05) is 5.92 Å². The zero-order valence-corrected chi connectivity index (χ0v) is 18.6. The molecule has 3 aromatic rings. The molecule has 0 fully saturated rings. The number of alkyl carbamates (subject to hydrolysis) is 1. The van der Waals surface area contributed by atoms with Crippen molar-refractivity contribution in [1.82, 2.24) is 15.8 Å². The fraction of sp³-hybridized carbons (Fsp3) is 0.280. The highest BCUT2D eigenvalue weighted by atomic mass is 16.5.